The molecule has 19 heavy (non-hydrogen) atoms. The Morgan fingerprint density at radius 3 is 2.74 bits per heavy atom. The molecule has 2 atom stereocenters. The zero-order valence-corrected chi connectivity index (χ0v) is 12.9. The number of carbonyl (C=O) groups excluding carboxylic acids is 1. The van der Waals surface area contributed by atoms with Crippen molar-refractivity contribution in [2.45, 2.75) is 59.0 Å². The molecule has 0 saturated carbocycles. The van der Waals surface area contributed by atoms with Crippen molar-refractivity contribution in [2.75, 3.05) is 26.2 Å². The second-order valence-electron chi connectivity index (χ2n) is 5.87. The second-order valence-corrected chi connectivity index (χ2v) is 5.87. The number of nitrogens with zero attached hydrogens (tertiary/aromatic N) is 1. The summed E-state index contributed by atoms with van der Waals surface area (Å²) >= 11 is 0. The van der Waals surface area contributed by atoms with Crippen LogP contribution in [0.15, 0.2) is 0 Å². The lowest BCUT2D eigenvalue weighted by molar-refractivity contribution is -0.150. The topological polar surface area (TPSA) is 41.6 Å². The summed E-state index contributed by atoms with van der Waals surface area (Å²) in [5, 5.41) is 3.52. The molecule has 0 aromatic rings. The van der Waals surface area contributed by atoms with Gasteiger partial charge in [0.2, 0.25) is 0 Å². The van der Waals surface area contributed by atoms with Gasteiger partial charge in [0.15, 0.2) is 0 Å². The van der Waals surface area contributed by atoms with Crippen molar-refractivity contribution in [3.05, 3.63) is 0 Å². The smallest absolute Gasteiger partial charge is 0.323 e. The number of hydrogen-bond acceptors (Lipinski definition) is 4. The van der Waals surface area contributed by atoms with Crippen molar-refractivity contribution >= 4 is 5.97 Å². The first kappa shape index (κ1) is 16.4. The summed E-state index contributed by atoms with van der Waals surface area (Å²) in [5.74, 6) is 0.581. The van der Waals surface area contributed by atoms with Gasteiger partial charge in [-0.25, -0.2) is 0 Å². The van der Waals surface area contributed by atoms with Crippen LogP contribution >= 0.6 is 0 Å². The van der Waals surface area contributed by atoms with E-state index in [1.807, 2.05) is 13.8 Å². The lowest BCUT2D eigenvalue weighted by atomic mass is 9.99. The molecular weight excluding hydrogens is 240 g/mol. The highest BCUT2D eigenvalue weighted by Gasteiger charge is 2.30. The van der Waals surface area contributed by atoms with E-state index in [0.717, 1.165) is 19.6 Å². The minimum absolute atomic E-state index is 0.0849. The lowest BCUT2D eigenvalue weighted by Crippen LogP contribution is -2.52. The van der Waals surface area contributed by atoms with Gasteiger partial charge in [0, 0.05) is 12.6 Å². The van der Waals surface area contributed by atoms with Crippen molar-refractivity contribution in [3.63, 3.8) is 0 Å². The summed E-state index contributed by atoms with van der Waals surface area (Å²) < 4.78 is 5.15. The largest absolute Gasteiger partial charge is 0.465 e. The highest BCUT2D eigenvalue weighted by Crippen LogP contribution is 2.19. The Balaban J connectivity index is 2.49. The molecule has 4 heteroatoms. The highest BCUT2D eigenvalue weighted by molar-refractivity contribution is 5.75. The molecule has 1 aliphatic rings. The van der Waals surface area contributed by atoms with Crippen LogP contribution in [0.4, 0.5) is 0 Å². The lowest BCUT2D eigenvalue weighted by Gasteiger charge is -2.39. The van der Waals surface area contributed by atoms with Gasteiger partial charge in [0.25, 0.3) is 0 Å². The van der Waals surface area contributed by atoms with Gasteiger partial charge in [-0.2, -0.15) is 0 Å². The Morgan fingerprint density at radius 2 is 2.11 bits per heavy atom. The highest BCUT2D eigenvalue weighted by atomic mass is 16.5. The third-order valence-electron chi connectivity index (χ3n) is 3.73. The van der Waals surface area contributed by atoms with Crippen LogP contribution in [0.1, 0.15) is 47.0 Å². The molecule has 0 aliphatic carbocycles. The van der Waals surface area contributed by atoms with E-state index in [4.69, 9.17) is 4.74 Å². The molecule has 0 spiro atoms. The maximum atomic E-state index is 11.9. The molecule has 0 amide bonds. The Kier molecular flexibility index (Phi) is 7.39. The Labute approximate surface area is 117 Å². The minimum Gasteiger partial charge on any atom is -0.465 e. The fourth-order valence-corrected chi connectivity index (χ4v) is 2.69. The molecule has 1 saturated heterocycles. The summed E-state index contributed by atoms with van der Waals surface area (Å²) in [5.41, 5.74) is 0. The van der Waals surface area contributed by atoms with Gasteiger partial charge >= 0.3 is 5.97 Å². The first-order chi connectivity index (χ1) is 9.06. The second kappa shape index (κ2) is 8.54. The zero-order chi connectivity index (χ0) is 14.3. The molecule has 1 N–H and O–H groups in total. The molecule has 4 nitrogen and oxygen atoms in total. The number of ether oxygens (including phenoxy) is 1. The summed E-state index contributed by atoms with van der Waals surface area (Å²) in [6.45, 7) is 11.8. The SMILES string of the molecule is CCOC(=O)C(C)N1CCCCC1CNCC(C)C. The van der Waals surface area contributed by atoms with Gasteiger partial charge in [0.05, 0.1) is 6.61 Å². The average molecular weight is 270 g/mol. The average Bonchev–Trinajstić information content (AvgIpc) is 2.38. The number of rotatable bonds is 7. The van der Waals surface area contributed by atoms with E-state index in [2.05, 4.69) is 24.1 Å². The number of piperidine rings is 1. The van der Waals surface area contributed by atoms with Gasteiger partial charge < -0.3 is 10.1 Å². The van der Waals surface area contributed by atoms with E-state index in [9.17, 15) is 4.79 Å². The number of nitrogens with one attached hydrogen (secondary N) is 1. The molecular formula is C15H30N2O2. The molecule has 0 radical (unpaired) electrons. The molecule has 1 aliphatic heterocycles. The van der Waals surface area contributed by atoms with Crippen molar-refractivity contribution in [2.24, 2.45) is 5.92 Å². The monoisotopic (exact) mass is 270 g/mol. The molecule has 2 unspecified atom stereocenters. The molecule has 1 heterocycles. The zero-order valence-electron chi connectivity index (χ0n) is 12.9. The summed E-state index contributed by atoms with van der Waals surface area (Å²) in [7, 11) is 0. The number of carbonyl (C=O) groups is 1. The van der Waals surface area contributed by atoms with Crippen molar-refractivity contribution in [1.29, 1.82) is 0 Å². The van der Waals surface area contributed by atoms with Crippen molar-refractivity contribution in [3.8, 4) is 0 Å². The summed E-state index contributed by atoms with van der Waals surface area (Å²) in [4.78, 5) is 14.2. The molecule has 1 fully saturated rings. The molecule has 112 valence electrons. The van der Waals surface area contributed by atoms with Gasteiger partial charge in [-0.15, -0.1) is 0 Å². The first-order valence-corrected chi connectivity index (χ1v) is 7.69. The van der Waals surface area contributed by atoms with Gasteiger partial charge in [0.1, 0.15) is 6.04 Å². The fourth-order valence-electron chi connectivity index (χ4n) is 2.69. The van der Waals surface area contributed by atoms with Crippen molar-refractivity contribution < 1.29 is 9.53 Å². The molecule has 0 aromatic heterocycles. The van der Waals surface area contributed by atoms with Crippen LogP contribution in [-0.2, 0) is 9.53 Å². The summed E-state index contributed by atoms with van der Waals surface area (Å²) in [6.07, 6.45) is 3.62. The fraction of sp³-hybridized carbons (Fsp3) is 0.933. The minimum atomic E-state index is -0.119. The van der Waals surface area contributed by atoms with E-state index in [-0.39, 0.29) is 12.0 Å². The predicted molar refractivity (Wildman–Crippen MR) is 78.1 cm³/mol. The maximum absolute atomic E-state index is 11.9. The number of hydrogen-bond donors (Lipinski definition) is 1. The molecule has 1 rings (SSSR count). The molecule has 0 bridgehead atoms. The van der Waals surface area contributed by atoms with E-state index < -0.39 is 0 Å². The predicted octanol–water partition coefficient (Wildman–Crippen LogP) is 2.04. The third-order valence-corrected chi connectivity index (χ3v) is 3.73. The van der Waals surface area contributed by atoms with Crippen LogP contribution in [0.5, 0.6) is 0 Å². The van der Waals surface area contributed by atoms with Crippen LogP contribution in [0.3, 0.4) is 0 Å². The van der Waals surface area contributed by atoms with Crippen LogP contribution in [0, 0.1) is 5.92 Å². The standard InChI is InChI=1S/C15H30N2O2/c1-5-19-15(18)13(4)17-9-7-6-8-14(17)11-16-10-12(2)3/h12-14,16H,5-11H2,1-4H3. The van der Waals surface area contributed by atoms with Gasteiger partial charge in [-0.3, -0.25) is 9.69 Å². The normalized spacial score (nSPS) is 22.5. The van der Waals surface area contributed by atoms with E-state index in [1.54, 1.807) is 0 Å². The van der Waals surface area contributed by atoms with Gasteiger partial charge in [-0.05, 0) is 45.7 Å². The number of likely N-dealkylation sites (tertiary alicyclic amines) is 1. The Morgan fingerprint density at radius 1 is 1.37 bits per heavy atom. The Hall–Kier alpha value is -0.610. The van der Waals surface area contributed by atoms with Crippen LogP contribution in [0.2, 0.25) is 0 Å². The van der Waals surface area contributed by atoms with Crippen LogP contribution in [-0.4, -0.2) is 49.2 Å². The van der Waals surface area contributed by atoms with E-state index in [1.165, 1.54) is 19.3 Å². The number of esters is 1. The van der Waals surface area contributed by atoms with E-state index >= 15 is 0 Å². The summed E-state index contributed by atoms with van der Waals surface area (Å²) in [6, 6.07) is 0.345. The molecule has 0 aromatic carbocycles. The quantitative estimate of drug-likeness (QED) is 0.719. The van der Waals surface area contributed by atoms with Gasteiger partial charge in [-0.1, -0.05) is 20.3 Å². The van der Waals surface area contributed by atoms with E-state index in [0.29, 0.717) is 18.6 Å². The van der Waals surface area contributed by atoms with Crippen LogP contribution in [0.25, 0.3) is 0 Å². The van der Waals surface area contributed by atoms with Crippen LogP contribution < -0.4 is 5.32 Å². The maximum Gasteiger partial charge on any atom is 0.323 e. The first-order valence-electron chi connectivity index (χ1n) is 7.69. The third kappa shape index (κ3) is 5.49. The Bertz CT molecular complexity index is 269. The van der Waals surface area contributed by atoms with Crippen molar-refractivity contribution in [1.82, 2.24) is 10.2 Å².